The predicted octanol–water partition coefficient (Wildman–Crippen LogP) is 2.98. The number of nitrogens with zero attached hydrogens (tertiary/aromatic N) is 1. The molecule has 0 aliphatic carbocycles. The number of hydrogen-bond donors (Lipinski definition) is 2. The summed E-state index contributed by atoms with van der Waals surface area (Å²) in [5.74, 6) is -0.734. The van der Waals surface area contributed by atoms with E-state index in [0.717, 1.165) is 0 Å². The van der Waals surface area contributed by atoms with Gasteiger partial charge in [0.15, 0.2) is 11.6 Å². The highest BCUT2D eigenvalue weighted by Crippen LogP contribution is 2.22. The average molecular weight is 359 g/mol. The topological polar surface area (TPSA) is 93.5 Å². The van der Waals surface area contributed by atoms with Crippen LogP contribution >= 0.6 is 0 Å². The summed E-state index contributed by atoms with van der Waals surface area (Å²) in [7, 11) is 1.37. The number of nitrogens with one attached hydrogen (secondary N) is 2. The van der Waals surface area contributed by atoms with E-state index >= 15 is 0 Å². The molecular formula is C18H18FN3O4. The van der Waals surface area contributed by atoms with Crippen molar-refractivity contribution in [1.82, 2.24) is 5.32 Å². The zero-order valence-electron chi connectivity index (χ0n) is 14.1. The maximum Gasteiger partial charge on any atom is 0.292 e. The summed E-state index contributed by atoms with van der Waals surface area (Å²) >= 11 is 0. The average Bonchev–Trinajstić information content (AvgIpc) is 2.64. The van der Waals surface area contributed by atoms with Gasteiger partial charge in [-0.15, -0.1) is 0 Å². The molecule has 0 aliphatic heterocycles. The van der Waals surface area contributed by atoms with Gasteiger partial charge in [-0.25, -0.2) is 4.39 Å². The molecule has 8 heteroatoms. The lowest BCUT2D eigenvalue weighted by molar-refractivity contribution is -0.384. The molecule has 136 valence electrons. The van der Waals surface area contributed by atoms with Crippen LogP contribution in [0.25, 0.3) is 6.08 Å². The Bertz CT molecular complexity index is 824. The number of nitro groups is 1. The van der Waals surface area contributed by atoms with Gasteiger partial charge in [-0.3, -0.25) is 14.9 Å². The molecule has 0 fully saturated rings. The Morgan fingerprint density at radius 1 is 1.27 bits per heavy atom. The number of amides is 1. The number of carbonyl (C=O) groups excluding carboxylic acids is 1. The van der Waals surface area contributed by atoms with Gasteiger partial charge in [0.05, 0.1) is 12.0 Å². The molecule has 0 saturated carbocycles. The fourth-order valence-electron chi connectivity index (χ4n) is 2.18. The first-order valence-electron chi connectivity index (χ1n) is 7.78. The van der Waals surface area contributed by atoms with E-state index in [-0.39, 0.29) is 23.9 Å². The van der Waals surface area contributed by atoms with E-state index < -0.39 is 10.7 Å². The Kier molecular flexibility index (Phi) is 6.67. The Morgan fingerprint density at radius 2 is 2.04 bits per heavy atom. The smallest absolute Gasteiger partial charge is 0.292 e. The second kappa shape index (κ2) is 9.16. The van der Waals surface area contributed by atoms with E-state index in [1.54, 1.807) is 24.3 Å². The Hall–Kier alpha value is -3.42. The highest BCUT2D eigenvalue weighted by Gasteiger charge is 2.11. The molecule has 0 heterocycles. The number of benzene rings is 2. The van der Waals surface area contributed by atoms with E-state index in [1.807, 2.05) is 0 Å². The van der Waals surface area contributed by atoms with E-state index in [4.69, 9.17) is 4.74 Å². The number of nitro benzene ring substituents is 1. The number of methoxy groups -OCH3 is 1. The van der Waals surface area contributed by atoms with Gasteiger partial charge >= 0.3 is 0 Å². The summed E-state index contributed by atoms with van der Waals surface area (Å²) in [6, 6.07) is 10.6. The van der Waals surface area contributed by atoms with Crippen LogP contribution in [0.3, 0.4) is 0 Å². The molecule has 0 radical (unpaired) electrons. The number of anilines is 1. The fourth-order valence-corrected chi connectivity index (χ4v) is 2.18. The van der Waals surface area contributed by atoms with Crippen molar-refractivity contribution >= 4 is 23.4 Å². The third-order valence-electron chi connectivity index (χ3n) is 3.44. The number of halogens is 1. The molecule has 0 bridgehead atoms. The number of rotatable bonds is 8. The Labute approximate surface area is 149 Å². The maximum absolute atomic E-state index is 13.6. The van der Waals surface area contributed by atoms with Gasteiger partial charge in [0, 0.05) is 25.2 Å². The quantitative estimate of drug-likeness (QED) is 0.327. The number of hydrogen-bond acceptors (Lipinski definition) is 5. The van der Waals surface area contributed by atoms with Crippen molar-refractivity contribution in [2.75, 3.05) is 25.5 Å². The van der Waals surface area contributed by atoms with E-state index in [9.17, 15) is 19.3 Å². The molecule has 0 atom stereocenters. The van der Waals surface area contributed by atoms with Gasteiger partial charge in [0.2, 0.25) is 5.91 Å². The predicted molar refractivity (Wildman–Crippen MR) is 96.6 cm³/mol. The molecule has 0 spiro atoms. The van der Waals surface area contributed by atoms with Crippen LogP contribution in [0.5, 0.6) is 5.75 Å². The van der Waals surface area contributed by atoms with Gasteiger partial charge in [0.25, 0.3) is 5.69 Å². The van der Waals surface area contributed by atoms with Crippen LogP contribution in [0, 0.1) is 15.9 Å². The van der Waals surface area contributed by atoms with Crippen LogP contribution in [0.15, 0.2) is 48.5 Å². The minimum absolute atomic E-state index is 0.0275. The van der Waals surface area contributed by atoms with Gasteiger partial charge in [0.1, 0.15) is 5.69 Å². The fraction of sp³-hybridized carbons (Fsp3) is 0.167. The second-order valence-corrected chi connectivity index (χ2v) is 5.22. The number of carbonyl (C=O) groups is 1. The molecule has 0 saturated heterocycles. The Balaban J connectivity index is 1.80. The summed E-state index contributed by atoms with van der Waals surface area (Å²) in [6.45, 7) is 0.591. The molecule has 7 nitrogen and oxygen atoms in total. The lowest BCUT2D eigenvalue weighted by Crippen LogP contribution is -2.27. The third kappa shape index (κ3) is 5.30. The monoisotopic (exact) mass is 359 g/mol. The number of ether oxygens (including phenoxy) is 1. The zero-order valence-corrected chi connectivity index (χ0v) is 14.1. The summed E-state index contributed by atoms with van der Waals surface area (Å²) < 4.78 is 18.4. The molecular weight excluding hydrogens is 341 g/mol. The maximum atomic E-state index is 13.6. The van der Waals surface area contributed by atoms with Crippen molar-refractivity contribution in [3.8, 4) is 5.75 Å². The van der Waals surface area contributed by atoms with E-state index in [0.29, 0.717) is 17.8 Å². The normalized spacial score (nSPS) is 10.5. The summed E-state index contributed by atoms with van der Waals surface area (Å²) in [5, 5.41) is 16.4. The summed E-state index contributed by atoms with van der Waals surface area (Å²) in [4.78, 5) is 22.2. The van der Waals surface area contributed by atoms with Crippen molar-refractivity contribution < 1.29 is 18.8 Å². The standard InChI is InChI=1S/C18H18FN3O4/c1-26-17-8-6-13(12-14(17)19)7-9-18(23)21-11-10-20-15-4-2-3-5-16(15)22(24)25/h2-9,12,20H,10-11H2,1H3,(H,21,23)/b9-7+. The van der Waals surface area contributed by atoms with E-state index in [2.05, 4.69) is 10.6 Å². The molecule has 1 amide bonds. The lowest BCUT2D eigenvalue weighted by atomic mass is 10.2. The molecule has 0 unspecified atom stereocenters. The highest BCUT2D eigenvalue weighted by molar-refractivity contribution is 5.91. The molecule has 2 aromatic carbocycles. The molecule has 26 heavy (non-hydrogen) atoms. The second-order valence-electron chi connectivity index (χ2n) is 5.22. The van der Waals surface area contributed by atoms with Crippen molar-refractivity contribution in [3.05, 3.63) is 70.0 Å². The zero-order chi connectivity index (χ0) is 18.9. The van der Waals surface area contributed by atoms with Crippen molar-refractivity contribution in [1.29, 1.82) is 0 Å². The van der Waals surface area contributed by atoms with Crippen molar-refractivity contribution in [2.24, 2.45) is 0 Å². The first kappa shape index (κ1) is 18.9. The van der Waals surface area contributed by atoms with Gasteiger partial charge in [-0.2, -0.15) is 0 Å². The summed E-state index contributed by atoms with van der Waals surface area (Å²) in [5.41, 5.74) is 0.882. The van der Waals surface area contributed by atoms with Gasteiger partial charge in [-0.05, 0) is 29.8 Å². The SMILES string of the molecule is COc1ccc(/C=C/C(=O)NCCNc2ccccc2[N+](=O)[O-])cc1F. The first-order valence-corrected chi connectivity index (χ1v) is 7.78. The van der Waals surface area contributed by atoms with Crippen LogP contribution in [0.4, 0.5) is 15.8 Å². The van der Waals surface area contributed by atoms with Crippen LogP contribution < -0.4 is 15.4 Å². The van der Waals surface area contributed by atoms with E-state index in [1.165, 1.54) is 37.5 Å². The molecule has 0 aliphatic rings. The highest BCUT2D eigenvalue weighted by atomic mass is 19.1. The number of para-hydroxylation sites is 2. The van der Waals surface area contributed by atoms with Crippen molar-refractivity contribution in [3.63, 3.8) is 0 Å². The molecule has 0 aromatic heterocycles. The Morgan fingerprint density at radius 3 is 2.73 bits per heavy atom. The van der Waals surface area contributed by atoms with Gasteiger partial charge < -0.3 is 15.4 Å². The van der Waals surface area contributed by atoms with Gasteiger partial charge in [-0.1, -0.05) is 18.2 Å². The minimum atomic E-state index is -0.510. The van der Waals surface area contributed by atoms with Crippen LogP contribution in [0.1, 0.15) is 5.56 Å². The first-order chi connectivity index (χ1) is 12.5. The largest absolute Gasteiger partial charge is 0.494 e. The van der Waals surface area contributed by atoms with Crippen LogP contribution in [0.2, 0.25) is 0 Å². The minimum Gasteiger partial charge on any atom is -0.494 e. The molecule has 2 rings (SSSR count). The lowest BCUT2D eigenvalue weighted by Gasteiger charge is -2.07. The third-order valence-corrected chi connectivity index (χ3v) is 3.44. The van der Waals surface area contributed by atoms with Crippen LogP contribution in [-0.4, -0.2) is 31.0 Å². The molecule has 2 aromatic rings. The van der Waals surface area contributed by atoms with Crippen molar-refractivity contribution in [2.45, 2.75) is 0 Å². The summed E-state index contributed by atoms with van der Waals surface area (Å²) in [6.07, 6.45) is 2.76. The molecule has 2 N–H and O–H groups in total. The van der Waals surface area contributed by atoms with Crippen LogP contribution in [-0.2, 0) is 4.79 Å².